The molecular weight excluding hydrogens is 232 g/mol. The zero-order valence-electron chi connectivity index (χ0n) is 10.4. The third-order valence-corrected chi connectivity index (χ3v) is 2.41. The fourth-order valence-electron chi connectivity index (χ4n) is 1.45. The molecule has 100 valence electrons. The van der Waals surface area contributed by atoms with Crippen LogP contribution in [0.25, 0.3) is 0 Å². The van der Waals surface area contributed by atoms with Crippen molar-refractivity contribution in [3.8, 4) is 5.75 Å². The van der Waals surface area contributed by atoms with Crippen molar-refractivity contribution < 1.29 is 14.6 Å². The molecule has 0 bridgehead atoms. The molecule has 0 aromatic heterocycles. The maximum atomic E-state index is 11.4. The second-order valence-corrected chi connectivity index (χ2v) is 3.92. The molecule has 0 fully saturated rings. The van der Waals surface area contributed by atoms with Crippen LogP contribution in [0.5, 0.6) is 5.75 Å². The molecule has 0 aliphatic rings. The molecule has 0 spiro atoms. The standard InChI is InChI=1S/C13H20N2O3/c14-7-10-18-9-6-13(17)15-8-5-11-1-3-12(16)4-2-11/h1-4,16H,5-10,14H2,(H,15,17). The summed E-state index contributed by atoms with van der Waals surface area (Å²) in [4.78, 5) is 11.4. The number of amides is 1. The number of aromatic hydroxyl groups is 1. The molecule has 4 N–H and O–H groups in total. The second-order valence-electron chi connectivity index (χ2n) is 3.92. The predicted octanol–water partition coefficient (Wildman–Crippen LogP) is 0.416. The average molecular weight is 252 g/mol. The van der Waals surface area contributed by atoms with Crippen LogP contribution in [0.3, 0.4) is 0 Å². The minimum Gasteiger partial charge on any atom is -0.508 e. The van der Waals surface area contributed by atoms with Gasteiger partial charge in [0.05, 0.1) is 13.2 Å². The fourth-order valence-corrected chi connectivity index (χ4v) is 1.45. The maximum Gasteiger partial charge on any atom is 0.222 e. The van der Waals surface area contributed by atoms with E-state index >= 15 is 0 Å². The molecular formula is C13H20N2O3. The monoisotopic (exact) mass is 252 g/mol. The molecule has 5 nitrogen and oxygen atoms in total. The quantitative estimate of drug-likeness (QED) is 0.585. The van der Waals surface area contributed by atoms with Gasteiger partial charge in [-0.3, -0.25) is 4.79 Å². The Kier molecular flexibility index (Phi) is 6.83. The predicted molar refractivity (Wildman–Crippen MR) is 69.3 cm³/mol. The zero-order valence-corrected chi connectivity index (χ0v) is 10.4. The fraction of sp³-hybridized carbons (Fsp3) is 0.462. The Morgan fingerprint density at radius 2 is 2.00 bits per heavy atom. The van der Waals surface area contributed by atoms with Gasteiger partial charge in [0.25, 0.3) is 0 Å². The molecule has 0 unspecified atom stereocenters. The number of hydrogen-bond acceptors (Lipinski definition) is 4. The lowest BCUT2D eigenvalue weighted by Crippen LogP contribution is -2.26. The largest absolute Gasteiger partial charge is 0.508 e. The third-order valence-electron chi connectivity index (χ3n) is 2.41. The van der Waals surface area contributed by atoms with Crippen LogP contribution >= 0.6 is 0 Å². The van der Waals surface area contributed by atoms with Crippen molar-refractivity contribution in [1.82, 2.24) is 5.32 Å². The van der Waals surface area contributed by atoms with E-state index in [0.29, 0.717) is 32.7 Å². The Hall–Kier alpha value is -1.59. The molecule has 0 radical (unpaired) electrons. The van der Waals surface area contributed by atoms with E-state index in [1.54, 1.807) is 12.1 Å². The van der Waals surface area contributed by atoms with Gasteiger partial charge in [0.1, 0.15) is 5.75 Å². The topological polar surface area (TPSA) is 84.6 Å². The highest BCUT2D eigenvalue weighted by molar-refractivity contribution is 5.75. The molecule has 1 rings (SSSR count). The number of ether oxygens (including phenoxy) is 1. The second kappa shape index (κ2) is 8.49. The number of carbonyl (C=O) groups excluding carboxylic acids is 1. The summed E-state index contributed by atoms with van der Waals surface area (Å²) < 4.78 is 5.12. The molecule has 0 saturated carbocycles. The first kappa shape index (κ1) is 14.5. The Morgan fingerprint density at radius 1 is 1.28 bits per heavy atom. The van der Waals surface area contributed by atoms with Crippen LogP contribution in [0, 0.1) is 0 Å². The number of nitrogens with one attached hydrogen (secondary N) is 1. The van der Waals surface area contributed by atoms with Crippen LogP contribution in [0.4, 0.5) is 0 Å². The van der Waals surface area contributed by atoms with Crippen LogP contribution in [-0.2, 0) is 16.0 Å². The normalized spacial score (nSPS) is 10.3. The zero-order chi connectivity index (χ0) is 13.2. The molecule has 0 aliphatic carbocycles. The van der Waals surface area contributed by atoms with Gasteiger partial charge in [0, 0.05) is 19.5 Å². The number of carbonyl (C=O) groups is 1. The van der Waals surface area contributed by atoms with Gasteiger partial charge in [-0.1, -0.05) is 12.1 Å². The Labute approximate surface area is 107 Å². The minimum absolute atomic E-state index is 0.0224. The molecule has 18 heavy (non-hydrogen) atoms. The highest BCUT2D eigenvalue weighted by Gasteiger charge is 2.00. The summed E-state index contributed by atoms with van der Waals surface area (Å²) in [7, 11) is 0. The van der Waals surface area contributed by atoms with Crippen molar-refractivity contribution in [3.63, 3.8) is 0 Å². The number of nitrogens with two attached hydrogens (primary N) is 1. The molecule has 5 heteroatoms. The number of rotatable bonds is 8. The Balaban J connectivity index is 2.10. The molecule has 0 atom stereocenters. The van der Waals surface area contributed by atoms with Gasteiger partial charge < -0.3 is 20.9 Å². The van der Waals surface area contributed by atoms with E-state index in [1.165, 1.54) is 0 Å². The Morgan fingerprint density at radius 3 is 2.67 bits per heavy atom. The van der Waals surface area contributed by atoms with Crippen LogP contribution in [0.2, 0.25) is 0 Å². The van der Waals surface area contributed by atoms with Crippen molar-refractivity contribution in [1.29, 1.82) is 0 Å². The van der Waals surface area contributed by atoms with Gasteiger partial charge in [-0.15, -0.1) is 0 Å². The van der Waals surface area contributed by atoms with Crippen LogP contribution < -0.4 is 11.1 Å². The average Bonchev–Trinajstić information content (AvgIpc) is 2.37. The summed E-state index contributed by atoms with van der Waals surface area (Å²) >= 11 is 0. The first-order valence-electron chi connectivity index (χ1n) is 6.05. The van der Waals surface area contributed by atoms with E-state index in [1.807, 2.05) is 12.1 Å². The summed E-state index contributed by atoms with van der Waals surface area (Å²) in [5.41, 5.74) is 6.33. The molecule has 0 heterocycles. The van der Waals surface area contributed by atoms with E-state index in [2.05, 4.69) is 5.32 Å². The highest BCUT2D eigenvalue weighted by Crippen LogP contribution is 2.09. The van der Waals surface area contributed by atoms with E-state index < -0.39 is 0 Å². The van der Waals surface area contributed by atoms with E-state index in [0.717, 1.165) is 12.0 Å². The van der Waals surface area contributed by atoms with Crippen molar-refractivity contribution in [2.24, 2.45) is 5.73 Å². The lowest BCUT2D eigenvalue weighted by molar-refractivity contribution is -0.122. The highest BCUT2D eigenvalue weighted by atomic mass is 16.5. The summed E-state index contributed by atoms with van der Waals surface area (Å²) in [6.45, 7) is 1.95. The summed E-state index contributed by atoms with van der Waals surface area (Å²) in [5.74, 6) is 0.227. The molecule has 1 amide bonds. The smallest absolute Gasteiger partial charge is 0.222 e. The van der Waals surface area contributed by atoms with E-state index in [-0.39, 0.29) is 11.7 Å². The lowest BCUT2D eigenvalue weighted by atomic mass is 10.1. The van der Waals surface area contributed by atoms with Gasteiger partial charge in [-0.25, -0.2) is 0 Å². The first-order valence-corrected chi connectivity index (χ1v) is 6.05. The first-order chi connectivity index (χ1) is 8.72. The number of phenols is 1. The van der Waals surface area contributed by atoms with E-state index in [4.69, 9.17) is 15.6 Å². The van der Waals surface area contributed by atoms with Crippen LogP contribution in [0.15, 0.2) is 24.3 Å². The van der Waals surface area contributed by atoms with E-state index in [9.17, 15) is 4.79 Å². The summed E-state index contributed by atoms with van der Waals surface area (Å²) in [6, 6.07) is 6.95. The van der Waals surface area contributed by atoms with Crippen LogP contribution in [0.1, 0.15) is 12.0 Å². The Bertz CT molecular complexity index is 352. The van der Waals surface area contributed by atoms with Crippen molar-refractivity contribution in [3.05, 3.63) is 29.8 Å². The van der Waals surface area contributed by atoms with Gasteiger partial charge in [0.2, 0.25) is 5.91 Å². The summed E-state index contributed by atoms with van der Waals surface area (Å²) in [5, 5.41) is 11.9. The molecule has 0 aliphatic heterocycles. The lowest BCUT2D eigenvalue weighted by Gasteiger charge is -2.06. The maximum absolute atomic E-state index is 11.4. The van der Waals surface area contributed by atoms with Gasteiger partial charge in [0.15, 0.2) is 0 Å². The molecule has 0 saturated heterocycles. The SMILES string of the molecule is NCCOCCC(=O)NCCc1ccc(O)cc1. The van der Waals surface area contributed by atoms with Gasteiger partial charge >= 0.3 is 0 Å². The molecule has 1 aromatic carbocycles. The molecule has 1 aromatic rings. The van der Waals surface area contributed by atoms with Gasteiger partial charge in [-0.2, -0.15) is 0 Å². The van der Waals surface area contributed by atoms with Crippen molar-refractivity contribution in [2.75, 3.05) is 26.3 Å². The van der Waals surface area contributed by atoms with Crippen molar-refractivity contribution >= 4 is 5.91 Å². The van der Waals surface area contributed by atoms with Gasteiger partial charge in [-0.05, 0) is 24.1 Å². The van der Waals surface area contributed by atoms with Crippen molar-refractivity contribution in [2.45, 2.75) is 12.8 Å². The van der Waals surface area contributed by atoms with Crippen LogP contribution in [-0.4, -0.2) is 37.3 Å². The minimum atomic E-state index is -0.0224. The third kappa shape index (κ3) is 6.22. The number of hydrogen-bond donors (Lipinski definition) is 3. The summed E-state index contributed by atoms with van der Waals surface area (Å²) in [6.07, 6.45) is 1.10. The number of phenolic OH excluding ortho intramolecular Hbond substituents is 1. The number of benzene rings is 1.